The maximum absolute atomic E-state index is 13.2. The van der Waals surface area contributed by atoms with Crippen molar-refractivity contribution in [2.45, 2.75) is 6.92 Å². The third-order valence-electron chi connectivity index (χ3n) is 2.81. The maximum Gasteiger partial charge on any atom is 0.255 e. The van der Waals surface area contributed by atoms with E-state index in [2.05, 4.69) is 5.32 Å². The molecule has 2 aromatic carbocycles. The van der Waals surface area contributed by atoms with Gasteiger partial charge in [-0.05, 0) is 37.3 Å². The number of aryl methyl sites for hydroxylation is 1. The molecule has 0 fully saturated rings. The first-order valence-electron chi connectivity index (χ1n) is 5.95. The highest BCUT2D eigenvalue weighted by Crippen LogP contribution is 2.18. The van der Waals surface area contributed by atoms with E-state index >= 15 is 0 Å². The molecule has 3 nitrogen and oxygen atoms in total. The zero-order chi connectivity index (χ0) is 14.7. The first kappa shape index (κ1) is 14.1. The second-order valence-electron chi connectivity index (χ2n) is 4.37. The molecular weight excluding hydrogens is 275 g/mol. The lowest BCUT2D eigenvalue weighted by Crippen LogP contribution is -2.17. The first-order chi connectivity index (χ1) is 9.47. The predicted octanol–water partition coefficient (Wildman–Crippen LogP) is 3.02. The Morgan fingerprint density at radius 3 is 2.45 bits per heavy atom. The minimum Gasteiger partial charge on any atom is -0.389 e. The zero-order valence-corrected chi connectivity index (χ0v) is 11.6. The fourth-order valence-corrected chi connectivity index (χ4v) is 1.90. The molecule has 1 amide bonds. The molecule has 0 saturated heterocycles. The van der Waals surface area contributed by atoms with Gasteiger partial charge in [-0.1, -0.05) is 29.9 Å². The molecule has 0 heterocycles. The molecule has 20 heavy (non-hydrogen) atoms. The molecule has 0 radical (unpaired) electrons. The second kappa shape index (κ2) is 5.79. The maximum atomic E-state index is 13.2. The molecule has 0 saturated carbocycles. The Morgan fingerprint density at radius 2 is 1.85 bits per heavy atom. The summed E-state index contributed by atoms with van der Waals surface area (Å²) in [6.45, 7) is 1.94. The van der Waals surface area contributed by atoms with Crippen molar-refractivity contribution in [3.8, 4) is 0 Å². The molecule has 2 aromatic rings. The van der Waals surface area contributed by atoms with Crippen LogP contribution in [0.1, 0.15) is 21.5 Å². The van der Waals surface area contributed by atoms with Gasteiger partial charge in [-0.3, -0.25) is 4.79 Å². The van der Waals surface area contributed by atoms with Crippen molar-refractivity contribution in [3.05, 3.63) is 65.0 Å². The molecule has 3 N–H and O–H groups in total. The molecule has 0 bridgehead atoms. The minimum atomic E-state index is -0.457. The molecular formula is C15H13FN2OS. The highest BCUT2D eigenvalue weighted by atomic mass is 32.1. The number of nitrogens with two attached hydrogens (primary N) is 1. The van der Waals surface area contributed by atoms with Gasteiger partial charge < -0.3 is 11.1 Å². The van der Waals surface area contributed by atoms with Crippen molar-refractivity contribution in [1.82, 2.24) is 0 Å². The summed E-state index contributed by atoms with van der Waals surface area (Å²) in [5.41, 5.74) is 7.80. The topological polar surface area (TPSA) is 55.1 Å². The van der Waals surface area contributed by atoms with E-state index in [1.807, 2.05) is 19.1 Å². The van der Waals surface area contributed by atoms with Crippen LogP contribution < -0.4 is 11.1 Å². The summed E-state index contributed by atoms with van der Waals surface area (Å²) in [5, 5.41) is 2.68. The van der Waals surface area contributed by atoms with Gasteiger partial charge in [-0.15, -0.1) is 0 Å². The van der Waals surface area contributed by atoms with Crippen LogP contribution in [0, 0.1) is 12.7 Å². The molecule has 0 aliphatic carbocycles. The van der Waals surface area contributed by atoms with Gasteiger partial charge in [0.15, 0.2) is 0 Å². The molecule has 0 aromatic heterocycles. The van der Waals surface area contributed by atoms with Gasteiger partial charge >= 0.3 is 0 Å². The number of carbonyl (C=O) groups is 1. The Morgan fingerprint density at radius 1 is 1.20 bits per heavy atom. The zero-order valence-electron chi connectivity index (χ0n) is 10.8. The van der Waals surface area contributed by atoms with Crippen molar-refractivity contribution in [1.29, 1.82) is 0 Å². The minimum absolute atomic E-state index is 0.0312. The van der Waals surface area contributed by atoms with Crippen molar-refractivity contribution in [2.75, 3.05) is 5.32 Å². The number of amides is 1. The highest BCUT2D eigenvalue weighted by Gasteiger charge is 2.11. The molecule has 0 atom stereocenters. The largest absolute Gasteiger partial charge is 0.389 e. The Labute approximate surface area is 121 Å². The van der Waals surface area contributed by atoms with Gasteiger partial charge in [0.05, 0.1) is 5.69 Å². The number of hydrogen-bond donors (Lipinski definition) is 2. The van der Waals surface area contributed by atoms with Crippen molar-refractivity contribution in [3.63, 3.8) is 0 Å². The van der Waals surface area contributed by atoms with E-state index in [0.717, 1.165) is 5.56 Å². The quantitative estimate of drug-likeness (QED) is 0.854. The van der Waals surface area contributed by atoms with E-state index in [1.165, 1.54) is 18.2 Å². The summed E-state index contributed by atoms with van der Waals surface area (Å²) >= 11 is 4.86. The van der Waals surface area contributed by atoms with Crippen LogP contribution in [0.3, 0.4) is 0 Å². The number of anilines is 1. The average Bonchev–Trinajstić information content (AvgIpc) is 2.41. The Balaban J connectivity index is 2.28. The Kier molecular flexibility index (Phi) is 4.10. The first-order valence-corrected chi connectivity index (χ1v) is 6.35. The summed E-state index contributed by atoms with van der Waals surface area (Å²) in [7, 11) is 0. The van der Waals surface area contributed by atoms with Gasteiger partial charge in [-0.25, -0.2) is 4.39 Å². The second-order valence-corrected chi connectivity index (χ2v) is 4.81. The van der Waals surface area contributed by atoms with Crippen LogP contribution >= 0.6 is 12.2 Å². The lowest BCUT2D eigenvalue weighted by Gasteiger charge is -2.10. The molecule has 2 rings (SSSR count). The van der Waals surface area contributed by atoms with Crippen molar-refractivity contribution >= 4 is 28.8 Å². The Bertz CT molecular complexity index is 668. The SMILES string of the molecule is Cc1ccc(C(=O)Nc2ccc(F)cc2C(N)=S)cc1. The predicted molar refractivity (Wildman–Crippen MR) is 81.4 cm³/mol. The summed E-state index contributed by atoms with van der Waals surface area (Å²) in [6, 6.07) is 11.0. The van der Waals surface area contributed by atoms with Crippen LogP contribution in [-0.2, 0) is 0 Å². The molecule has 102 valence electrons. The highest BCUT2D eigenvalue weighted by molar-refractivity contribution is 7.80. The smallest absolute Gasteiger partial charge is 0.255 e. The molecule has 0 spiro atoms. The fourth-order valence-electron chi connectivity index (χ4n) is 1.73. The summed E-state index contributed by atoms with van der Waals surface area (Å²) in [5.74, 6) is -0.754. The van der Waals surface area contributed by atoms with E-state index in [4.69, 9.17) is 18.0 Å². The lowest BCUT2D eigenvalue weighted by atomic mass is 10.1. The van der Waals surface area contributed by atoms with Crippen LogP contribution in [-0.4, -0.2) is 10.9 Å². The van der Waals surface area contributed by atoms with E-state index in [9.17, 15) is 9.18 Å². The number of halogens is 1. The van der Waals surface area contributed by atoms with Gasteiger partial charge in [0.25, 0.3) is 5.91 Å². The standard InChI is InChI=1S/C15H13FN2OS/c1-9-2-4-10(5-3-9)15(19)18-13-7-6-11(16)8-12(13)14(17)20/h2-8H,1H3,(H2,17,20)(H,18,19). The fraction of sp³-hybridized carbons (Fsp3) is 0.0667. The van der Waals surface area contributed by atoms with E-state index < -0.39 is 5.82 Å². The van der Waals surface area contributed by atoms with Crippen LogP contribution in [0.4, 0.5) is 10.1 Å². The number of thiocarbonyl (C=S) groups is 1. The average molecular weight is 288 g/mol. The van der Waals surface area contributed by atoms with Crippen molar-refractivity contribution in [2.24, 2.45) is 5.73 Å². The third kappa shape index (κ3) is 3.19. The number of benzene rings is 2. The Hall–Kier alpha value is -2.27. The van der Waals surface area contributed by atoms with Crippen LogP contribution in [0.2, 0.25) is 0 Å². The van der Waals surface area contributed by atoms with E-state index in [-0.39, 0.29) is 10.9 Å². The van der Waals surface area contributed by atoms with Crippen LogP contribution in [0.5, 0.6) is 0 Å². The van der Waals surface area contributed by atoms with Crippen molar-refractivity contribution < 1.29 is 9.18 Å². The van der Waals surface area contributed by atoms with Gasteiger partial charge in [0, 0.05) is 11.1 Å². The van der Waals surface area contributed by atoms with E-state index in [0.29, 0.717) is 16.8 Å². The number of rotatable bonds is 3. The third-order valence-corrected chi connectivity index (χ3v) is 3.03. The number of nitrogens with one attached hydrogen (secondary N) is 1. The van der Waals surface area contributed by atoms with Gasteiger partial charge in [0.2, 0.25) is 0 Å². The van der Waals surface area contributed by atoms with E-state index in [1.54, 1.807) is 12.1 Å². The van der Waals surface area contributed by atoms with Gasteiger partial charge in [0.1, 0.15) is 10.8 Å². The molecule has 0 aliphatic rings. The summed E-state index contributed by atoms with van der Waals surface area (Å²) in [6.07, 6.45) is 0. The monoisotopic (exact) mass is 288 g/mol. The normalized spacial score (nSPS) is 10.1. The number of carbonyl (C=O) groups excluding carboxylic acids is 1. The number of hydrogen-bond acceptors (Lipinski definition) is 2. The molecule has 0 unspecified atom stereocenters. The van der Waals surface area contributed by atoms with Gasteiger partial charge in [-0.2, -0.15) is 0 Å². The van der Waals surface area contributed by atoms with Crippen LogP contribution in [0.15, 0.2) is 42.5 Å². The summed E-state index contributed by atoms with van der Waals surface area (Å²) < 4.78 is 13.2. The lowest BCUT2D eigenvalue weighted by molar-refractivity contribution is 0.102. The summed E-state index contributed by atoms with van der Waals surface area (Å²) in [4.78, 5) is 12.1. The molecule has 0 aliphatic heterocycles. The van der Waals surface area contributed by atoms with Crippen LogP contribution in [0.25, 0.3) is 0 Å². The molecule has 5 heteroatoms.